The molecule has 0 aliphatic carbocycles. The Morgan fingerprint density at radius 3 is 2.52 bits per heavy atom. The molecule has 23 heavy (non-hydrogen) atoms. The van der Waals surface area contributed by atoms with Crippen molar-refractivity contribution in [1.82, 2.24) is 9.97 Å². The van der Waals surface area contributed by atoms with Gasteiger partial charge in [-0.2, -0.15) is 0 Å². The lowest BCUT2D eigenvalue weighted by molar-refractivity contribution is 0.102. The highest BCUT2D eigenvalue weighted by Gasteiger charge is 2.12. The minimum atomic E-state index is -0.413. The second-order valence-electron chi connectivity index (χ2n) is 4.59. The zero-order chi connectivity index (χ0) is 16.1. The van der Waals surface area contributed by atoms with Crippen molar-refractivity contribution in [2.45, 2.75) is 0 Å². The summed E-state index contributed by atoms with van der Waals surface area (Å²) in [6.07, 6.45) is 2.71. The standard InChI is InChI=1S/C17H12ClN3O2/c18-16-11-19-10-14(20-16)17(22)21-13-8-4-5-9-15(13)23-12-6-2-1-3-7-12/h1-11H,(H,21,22). The number of amides is 1. The third-order valence-electron chi connectivity index (χ3n) is 2.94. The lowest BCUT2D eigenvalue weighted by atomic mass is 10.2. The number of hydrogen-bond donors (Lipinski definition) is 1. The molecule has 3 rings (SSSR count). The van der Waals surface area contributed by atoms with Gasteiger partial charge in [-0.3, -0.25) is 9.78 Å². The molecule has 0 fully saturated rings. The maximum absolute atomic E-state index is 12.2. The van der Waals surface area contributed by atoms with Gasteiger partial charge in [-0.25, -0.2) is 4.98 Å². The molecule has 1 N–H and O–H groups in total. The van der Waals surface area contributed by atoms with Gasteiger partial charge in [0.2, 0.25) is 0 Å². The molecule has 0 aliphatic rings. The first kappa shape index (κ1) is 15.0. The number of nitrogens with zero attached hydrogens (tertiary/aromatic N) is 2. The summed E-state index contributed by atoms with van der Waals surface area (Å²) in [6, 6.07) is 16.5. The normalized spacial score (nSPS) is 10.1. The van der Waals surface area contributed by atoms with Gasteiger partial charge in [-0.15, -0.1) is 0 Å². The second-order valence-corrected chi connectivity index (χ2v) is 4.98. The summed E-state index contributed by atoms with van der Waals surface area (Å²) >= 11 is 5.75. The molecule has 0 atom stereocenters. The zero-order valence-corrected chi connectivity index (χ0v) is 12.7. The molecule has 0 aliphatic heterocycles. The maximum Gasteiger partial charge on any atom is 0.276 e. The van der Waals surface area contributed by atoms with Crippen molar-refractivity contribution in [3.05, 3.63) is 77.8 Å². The SMILES string of the molecule is O=C(Nc1ccccc1Oc1ccccc1)c1cncc(Cl)n1. The van der Waals surface area contributed by atoms with Gasteiger partial charge in [0, 0.05) is 0 Å². The van der Waals surface area contributed by atoms with Gasteiger partial charge >= 0.3 is 0 Å². The number of benzene rings is 2. The molecule has 1 aromatic heterocycles. The van der Waals surface area contributed by atoms with Crippen LogP contribution in [0.15, 0.2) is 67.0 Å². The predicted molar refractivity (Wildman–Crippen MR) is 88.0 cm³/mol. The Balaban J connectivity index is 1.82. The molecular weight excluding hydrogens is 314 g/mol. The Kier molecular flexibility index (Phi) is 4.49. The minimum absolute atomic E-state index is 0.131. The molecule has 0 spiro atoms. The average Bonchev–Trinajstić information content (AvgIpc) is 2.57. The van der Waals surface area contributed by atoms with Gasteiger partial charge in [-0.1, -0.05) is 41.9 Å². The minimum Gasteiger partial charge on any atom is -0.455 e. The Hall–Kier alpha value is -2.92. The van der Waals surface area contributed by atoms with Crippen LogP contribution in [0.4, 0.5) is 5.69 Å². The highest BCUT2D eigenvalue weighted by atomic mass is 35.5. The molecule has 1 heterocycles. The fourth-order valence-corrected chi connectivity index (χ4v) is 2.06. The maximum atomic E-state index is 12.2. The van der Waals surface area contributed by atoms with Crippen LogP contribution in [0.1, 0.15) is 10.5 Å². The highest BCUT2D eigenvalue weighted by Crippen LogP contribution is 2.29. The Labute approximate surface area is 137 Å². The fourth-order valence-electron chi connectivity index (χ4n) is 1.91. The number of anilines is 1. The number of hydrogen-bond acceptors (Lipinski definition) is 4. The van der Waals surface area contributed by atoms with Crippen LogP contribution in [0.2, 0.25) is 5.15 Å². The summed E-state index contributed by atoms with van der Waals surface area (Å²) in [5, 5.41) is 2.91. The van der Waals surface area contributed by atoms with Crippen molar-refractivity contribution in [2.24, 2.45) is 0 Å². The van der Waals surface area contributed by atoms with E-state index in [1.807, 2.05) is 36.4 Å². The number of ether oxygens (including phenoxy) is 1. The Morgan fingerprint density at radius 1 is 1.00 bits per heavy atom. The van der Waals surface area contributed by atoms with Crippen LogP contribution in [-0.2, 0) is 0 Å². The van der Waals surface area contributed by atoms with Crippen molar-refractivity contribution in [3.63, 3.8) is 0 Å². The third-order valence-corrected chi connectivity index (χ3v) is 3.13. The van der Waals surface area contributed by atoms with Crippen LogP contribution in [-0.4, -0.2) is 15.9 Å². The highest BCUT2D eigenvalue weighted by molar-refractivity contribution is 6.29. The van der Waals surface area contributed by atoms with Gasteiger partial charge in [0.25, 0.3) is 5.91 Å². The summed E-state index contributed by atoms with van der Waals surface area (Å²) in [5.41, 5.74) is 0.662. The van der Waals surface area contributed by atoms with E-state index >= 15 is 0 Å². The summed E-state index contributed by atoms with van der Waals surface area (Å²) in [4.78, 5) is 20.0. The van der Waals surface area contributed by atoms with E-state index in [2.05, 4.69) is 15.3 Å². The van der Waals surface area contributed by atoms with Crippen LogP contribution in [0.3, 0.4) is 0 Å². The van der Waals surface area contributed by atoms with E-state index in [9.17, 15) is 4.79 Å². The molecular formula is C17H12ClN3O2. The van der Waals surface area contributed by atoms with E-state index < -0.39 is 5.91 Å². The lowest BCUT2D eigenvalue weighted by Crippen LogP contribution is -2.14. The van der Waals surface area contributed by atoms with Gasteiger partial charge in [0.15, 0.2) is 5.75 Å². The number of para-hydroxylation sites is 3. The van der Waals surface area contributed by atoms with Gasteiger partial charge < -0.3 is 10.1 Å². The number of carbonyl (C=O) groups excluding carboxylic acids is 1. The van der Waals surface area contributed by atoms with Crippen LogP contribution in [0.25, 0.3) is 0 Å². The van der Waals surface area contributed by atoms with Gasteiger partial charge in [-0.05, 0) is 24.3 Å². The number of aromatic nitrogens is 2. The van der Waals surface area contributed by atoms with Gasteiger partial charge in [0.1, 0.15) is 16.6 Å². The topological polar surface area (TPSA) is 64.1 Å². The molecule has 2 aromatic carbocycles. The molecule has 0 saturated carbocycles. The quantitative estimate of drug-likeness (QED) is 0.781. The first-order chi connectivity index (χ1) is 11.2. The molecule has 6 heteroatoms. The molecule has 0 radical (unpaired) electrons. The molecule has 114 valence electrons. The lowest BCUT2D eigenvalue weighted by Gasteiger charge is -2.11. The van der Waals surface area contributed by atoms with E-state index in [4.69, 9.17) is 16.3 Å². The predicted octanol–water partition coefficient (Wildman–Crippen LogP) is 4.17. The number of nitrogens with one attached hydrogen (secondary N) is 1. The first-order valence-corrected chi connectivity index (χ1v) is 7.21. The largest absolute Gasteiger partial charge is 0.455 e. The van der Waals surface area contributed by atoms with Crippen molar-refractivity contribution in [2.75, 3.05) is 5.32 Å². The molecule has 3 aromatic rings. The summed E-state index contributed by atoms with van der Waals surface area (Å²) in [7, 11) is 0. The van der Waals surface area contributed by atoms with Crippen molar-refractivity contribution in [3.8, 4) is 11.5 Å². The smallest absolute Gasteiger partial charge is 0.276 e. The second kappa shape index (κ2) is 6.89. The fraction of sp³-hybridized carbons (Fsp3) is 0. The molecule has 0 bridgehead atoms. The molecule has 5 nitrogen and oxygen atoms in total. The van der Waals surface area contributed by atoms with Crippen molar-refractivity contribution < 1.29 is 9.53 Å². The number of carbonyl (C=O) groups is 1. The molecule has 0 unspecified atom stereocenters. The number of rotatable bonds is 4. The number of halogens is 1. The van der Waals surface area contributed by atoms with Crippen LogP contribution in [0, 0.1) is 0 Å². The zero-order valence-electron chi connectivity index (χ0n) is 11.9. The summed E-state index contributed by atoms with van der Waals surface area (Å²) < 4.78 is 5.79. The third kappa shape index (κ3) is 3.84. The van der Waals surface area contributed by atoms with E-state index in [0.29, 0.717) is 17.2 Å². The molecule has 1 amide bonds. The Bertz CT molecular complexity index is 825. The van der Waals surface area contributed by atoms with Crippen molar-refractivity contribution >= 4 is 23.2 Å². The van der Waals surface area contributed by atoms with Crippen molar-refractivity contribution in [1.29, 1.82) is 0 Å². The monoisotopic (exact) mass is 325 g/mol. The average molecular weight is 326 g/mol. The van der Waals surface area contributed by atoms with E-state index in [-0.39, 0.29) is 10.8 Å². The van der Waals surface area contributed by atoms with Crippen LogP contribution < -0.4 is 10.1 Å². The van der Waals surface area contributed by atoms with Crippen LogP contribution >= 0.6 is 11.6 Å². The molecule has 0 saturated heterocycles. The summed E-state index contributed by atoms with van der Waals surface area (Å²) in [6.45, 7) is 0. The van der Waals surface area contributed by atoms with E-state index in [0.717, 1.165) is 0 Å². The first-order valence-electron chi connectivity index (χ1n) is 6.83. The van der Waals surface area contributed by atoms with E-state index in [1.165, 1.54) is 12.4 Å². The summed E-state index contributed by atoms with van der Waals surface area (Å²) in [5.74, 6) is 0.794. The Morgan fingerprint density at radius 2 is 1.74 bits per heavy atom. The van der Waals surface area contributed by atoms with Gasteiger partial charge in [0.05, 0.1) is 18.1 Å². The van der Waals surface area contributed by atoms with Crippen LogP contribution in [0.5, 0.6) is 11.5 Å². The van der Waals surface area contributed by atoms with E-state index in [1.54, 1.807) is 18.2 Å².